The number of alkyl carbamates (subject to hydrolysis) is 1. The monoisotopic (exact) mass is 529 g/mol. The maximum atomic E-state index is 13.8. The maximum absolute atomic E-state index is 13.8. The summed E-state index contributed by atoms with van der Waals surface area (Å²) in [6.45, 7) is 11.4. The van der Waals surface area contributed by atoms with Gasteiger partial charge in [0.05, 0.1) is 7.11 Å². The van der Waals surface area contributed by atoms with E-state index in [0.717, 1.165) is 11.1 Å². The van der Waals surface area contributed by atoms with Crippen LogP contribution in [0.3, 0.4) is 0 Å². The summed E-state index contributed by atoms with van der Waals surface area (Å²) in [5.41, 5.74) is 2.59. The highest BCUT2D eigenvalue weighted by Crippen LogP contribution is 2.27. The van der Waals surface area contributed by atoms with Crippen LogP contribution in [0.25, 0.3) is 0 Å². The number of thiol groups is 1. The van der Waals surface area contributed by atoms with E-state index in [9.17, 15) is 14.4 Å². The summed E-state index contributed by atoms with van der Waals surface area (Å²) >= 11 is 4.31. The van der Waals surface area contributed by atoms with Crippen LogP contribution in [0, 0.1) is 13.8 Å². The number of amides is 3. The van der Waals surface area contributed by atoms with Gasteiger partial charge in [0, 0.05) is 18.0 Å². The zero-order valence-electron chi connectivity index (χ0n) is 22.8. The molecule has 2 aromatic carbocycles. The van der Waals surface area contributed by atoms with Gasteiger partial charge in [-0.05, 0) is 82.0 Å². The van der Waals surface area contributed by atoms with Crippen LogP contribution in [0.15, 0.2) is 42.5 Å². The lowest BCUT2D eigenvalue weighted by molar-refractivity contribution is -0.140. The first-order valence-electron chi connectivity index (χ1n) is 12.3. The highest BCUT2D eigenvalue weighted by molar-refractivity contribution is 7.80. The second-order valence-electron chi connectivity index (χ2n) is 9.88. The van der Waals surface area contributed by atoms with Gasteiger partial charge in [0.2, 0.25) is 5.91 Å². The second kappa shape index (κ2) is 13.4. The number of nitrogens with zero attached hydrogens (tertiary/aromatic N) is 1. The van der Waals surface area contributed by atoms with Crippen LogP contribution in [0.1, 0.15) is 56.8 Å². The Kier molecular flexibility index (Phi) is 10.9. The van der Waals surface area contributed by atoms with Crippen molar-refractivity contribution in [3.63, 3.8) is 0 Å². The van der Waals surface area contributed by atoms with Crippen LogP contribution in [0.2, 0.25) is 0 Å². The zero-order valence-corrected chi connectivity index (χ0v) is 23.6. The highest BCUT2D eigenvalue weighted by Gasteiger charge is 2.35. The number of benzene rings is 2. The summed E-state index contributed by atoms with van der Waals surface area (Å²) < 4.78 is 10.5. The third kappa shape index (κ3) is 8.70. The minimum Gasteiger partial charge on any atom is -0.497 e. The topological polar surface area (TPSA) is 97.0 Å². The lowest BCUT2D eigenvalue weighted by atomic mass is 9.98. The van der Waals surface area contributed by atoms with Crippen molar-refractivity contribution in [3.8, 4) is 5.75 Å². The van der Waals surface area contributed by atoms with Crippen LogP contribution in [0.5, 0.6) is 5.75 Å². The Hall–Kier alpha value is -3.20. The number of ether oxygens (including phenoxy) is 2. The van der Waals surface area contributed by atoms with E-state index in [2.05, 4.69) is 23.3 Å². The second-order valence-corrected chi connectivity index (χ2v) is 10.2. The molecule has 202 valence electrons. The molecule has 0 spiro atoms. The van der Waals surface area contributed by atoms with E-state index in [-0.39, 0.29) is 11.7 Å². The minimum atomic E-state index is -0.979. The standard InChI is InChI=1S/C28H39N3O5S/c1-8-15-31(26(33)23(17-37)30-27(34)36-28(4,5)6)24(20-10-9-18(2)19(3)16-20)25(32)29-21-11-13-22(35-7)14-12-21/h9-14,16,23-24,37H,8,15,17H2,1-7H3,(H,29,32)(H,30,34). The molecular weight excluding hydrogens is 490 g/mol. The molecule has 0 heterocycles. The van der Waals surface area contributed by atoms with Gasteiger partial charge in [-0.15, -0.1) is 0 Å². The molecular formula is C28H39N3O5S. The normalized spacial score (nSPS) is 12.8. The fraction of sp³-hybridized carbons (Fsp3) is 0.464. The van der Waals surface area contributed by atoms with E-state index in [1.807, 2.05) is 39.0 Å². The molecule has 0 saturated carbocycles. The van der Waals surface area contributed by atoms with E-state index in [4.69, 9.17) is 9.47 Å². The number of carbonyl (C=O) groups excluding carboxylic acids is 3. The predicted molar refractivity (Wildman–Crippen MR) is 149 cm³/mol. The van der Waals surface area contributed by atoms with Gasteiger partial charge in [-0.3, -0.25) is 9.59 Å². The van der Waals surface area contributed by atoms with Crippen molar-refractivity contribution in [2.24, 2.45) is 0 Å². The van der Waals surface area contributed by atoms with Crippen LogP contribution in [0.4, 0.5) is 10.5 Å². The molecule has 8 nitrogen and oxygen atoms in total. The third-order valence-corrected chi connectivity index (χ3v) is 6.05. The van der Waals surface area contributed by atoms with Crippen molar-refractivity contribution in [3.05, 3.63) is 59.2 Å². The van der Waals surface area contributed by atoms with Crippen molar-refractivity contribution < 1.29 is 23.9 Å². The van der Waals surface area contributed by atoms with Gasteiger partial charge in [0.15, 0.2) is 0 Å². The number of methoxy groups -OCH3 is 1. The van der Waals surface area contributed by atoms with Crippen LogP contribution in [-0.2, 0) is 14.3 Å². The fourth-order valence-corrected chi connectivity index (χ4v) is 3.98. The van der Waals surface area contributed by atoms with Crippen molar-refractivity contribution in [2.45, 2.75) is 65.6 Å². The van der Waals surface area contributed by atoms with E-state index in [1.54, 1.807) is 52.1 Å². The number of hydrogen-bond acceptors (Lipinski definition) is 6. The number of anilines is 1. The van der Waals surface area contributed by atoms with Gasteiger partial charge in [-0.2, -0.15) is 12.6 Å². The smallest absolute Gasteiger partial charge is 0.408 e. The molecule has 2 atom stereocenters. The first kappa shape index (κ1) is 30.0. The zero-order chi connectivity index (χ0) is 27.8. The molecule has 0 fully saturated rings. The largest absolute Gasteiger partial charge is 0.497 e. The molecule has 0 aliphatic rings. The Morgan fingerprint density at radius 3 is 2.19 bits per heavy atom. The van der Waals surface area contributed by atoms with Gasteiger partial charge >= 0.3 is 6.09 Å². The molecule has 2 unspecified atom stereocenters. The molecule has 2 rings (SSSR count). The third-order valence-electron chi connectivity index (χ3n) is 5.68. The average Bonchev–Trinajstić information content (AvgIpc) is 2.83. The molecule has 37 heavy (non-hydrogen) atoms. The lowest BCUT2D eigenvalue weighted by Gasteiger charge is -2.34. The van der Waals surface area contributed by atoms with Crippen LogP contribution >= 0.6 is 12.6 Å². The van der Waals surface area contributed by atoms with E-state index < -0.39 is 29.7 Å². The number of carbonyl (C=O) groups is 3. The van der Waals surface area contributed by atoms with E-state index >= 15 is 0 Å². The van der Waals surface area contributed by atoms with Crippen molar-refractivity contribution in [1.29, 1.82) is 0 Å². The first-order valence-corrected chi connectivity index (χ1v) is 13.0. The van der Waals surface area contributed by atoms with Crippen LogP contribution < -0.4 is 15.4 Å². The van der Waals surface area contributed by atoms with Crippen LogP contribution in [-0.4, -0.2) is 53.9 Å². The Balaban J connectivity index is 2.45. The number of aryl methyl sites for hydroxylation is 2. The molecule has 2 N–H and O–H groups in total. The minimum absolute atomic E-state index is 0.0397. The molecule has 0 bridgehead atoms. The lowest BCUT2D eigenvalue weighted by Crippen LogP contribution is -2.53. The summed E-state index contributed by atoms with van der Waals surface area (Å²) in [4.78, 5) is 41.5. The number of nitrogens with one attached hydrogen (secondary N) is 2. The maximum Gasteiger partial charge on any atom is 0.408 e. The highest BCUT2D eigenvalue weighted by atomic mass is 32.1. The first-order chi connectivity index (χ1) is 17.4. The van der Waals surface area contributed by atoms with Crippen molar-refractivity contribution >= 4 is 36.2 Å². The fourth-order valence-electron chi connectivity index (χ4n) is 3.74. The Bertz CT molecular complexity index is 1080. The Labute approximate surface area is 225 Å². The Morgan fingerprint density at radius 2 is 1.68 bits per heavy atom. The van der Waals surface area contributed by atoms with Gasteiger partial charge in [-0.1, -0.05) is 25.1 Å². The SMILES string of the molecule is CCCN(C(=O)C(CS)NC(=O)OC(C)(C)C)C(C(=O)Nc1ccc(OC)cc1)c1ccc(C)c(C)c1. The Morgan fingerprint density at radius 1 is 1.03 bits per heavy atom. The summed E-state index contributed by atoms with van der Waals surface area (Å²) in [6, 6.07) is 10.8. The summed E-state index contributed by atoms with van der Waals surface area (Å²) in [6.07, 6.45) is -0.115. The van der Waals surface area contributed by atoms with E-state index in [0.29, 0.717) is 30.0 Å². The van der Waals surface area contributed by atoms with Gasteiger partial charge in [0.1, 0.15) is 23.4 Å². The average molecular weight is 530 g/mol. The molecule has 0 aliphatic carbocycles. The van der Waals surface area contributed by atoms with Gasteiger partial charge in [-0.25, -0.2) is 4.79 Å². The number of hydrogen-bond donors (Lipinski definition) is 3. The number of rotatable bonds is 10. The van der Waals surface area contributed by atoms with Crippen molar-refractivity contribution in [2.75, 3.05) is 24.7 Å². The molecule has 9 heteroatoms. The van der Waals surface area contributed by atoms with Crippen molar-refractivity contribution in [1.82, 2.24) is 10.2 Å². The van der Waals surface area contributed by atoms with E-state index in [1.165, 1.54) is 4.90 Å². The quantitative estimate of drug-likeness (QED) is 0.374. The van der Waals surface area contributed by atoms with Gasteiger partial charge in [0.25, 0.3) is 5.91 Å². The summed E-state index contributed by atoms with van der Waals surface area (Å²) in [5.74, 6) is -0.0875. The predicted octanol–water partition coefficient (Wildman–Crippen LogP) is 5.05. The molecule has 0 radical (unpaired) electrons. The summed E-state index contributed by atoms with van der Waals surface area (Å²) in [7, 11) is 1.57. The molecule has 3 amide bonds. The molecule has 2 aromatic rings. The molecule has 0 aliphatic heterocycles. The summed E-state index contributed by atoms with van der Waals surface area (Å²) in [5, 5.41) is 5.54. The molecule has 0 saturated heterocycles. The molecule has 0 aromatic heterocycles. The van der Waals surface area contributed by atoms with Gasteiger partial charge < -0.3 is 25.0 Å².